The van der Waals surface area contributed by atoms with Gasteiger partial charge in [-0.25, -0.2) is 4.79 Å². The summed E-state index contributed by atoms with van der Waals surface area (Å²) in [4.78, 5) is 25.3. The molecule has 0 radical (unpaired) electrons. The Morgan fingerprint density at radius 3 is 1.67 bits per heavy atom. The SMILES string of the molecule is CC(C)(C)OC(=O)c1ccc(OCC(=O)C(C)(C)Oc2ccc(CCCO[Si](c3ccccc3)(c3ccccc3)C(C)(C)C)cc2)cc1. The van der Waals surface area contributed by atoms with Gasteiger partial charge in [-0.2, -0.15) is 0 Å². The van der Waals surface area contributed by atoms with Crippen LogP contribution in [-0.4, -0.2) is 44.5 Å². The number of esters is 1. The number of hydrogen-bond donors (Lipinski definition) is 0. The highest BCUT2D eigenvalue weighted by Crippen LogP contribution is 2.37. The Hall–Kier alpha value is -4.20. The topological polar surface area (TPSA) is 71.1 Å². The van der Waals surface area contributed by atoms with Crippen molar-refractivity contribution in [2.75, 3.05) is 13.2 Å². The van der Waals surface area contributed by atoms with Gasteiger partial charge in [-0.15, -0.1) is 0 Å². The number of ketones is 1. The number of aryl methyl sites for hydroxylation is 1. The number of benzene rings is 4. The molecule has 0 aliphatic carbocycles. The van der Waals surface area contributed by atoms with E-state index in [0.717, 1.165) is 12.8 Å². The first-order chi connectivity index (χ1) is 22.6. The Labute approximate surface area is 287 Å². The molecule has 4 rings (SSSR count). The van der Waals surface area contributed by atoms with Crippen molar-refractivity contribution in [3.63, 3.8) is 0 Å². The summed E-state index contributed by atoms with van der Waals surface area (Å²) < 4.78 is 24.2. The van der Waals surface area contributed by atoms with Crippen LogP contribution in [0, 0.1) is 0 Å². The lowest BCUT2D eigenvalue weighted by atomic mass is 10.0. The Morgan fingerprint density at radius 1 is 0.646 bits per heavy atom. The van der Waals surface area contributed by atoms with E-state index in [2.05, 4.69) is 81.4 Å². The van der Waals surface area contributed by atoms with E-state index in [1.165, 1.54) is 15.9 Å². The molecule has 0 bridgehead atoms. The summed E-state index contributed by atoms with van der Waals surface area (Å²) in [5, 5.41) is 2.50. The van der Waals surface area contributed by atoms with Crippen LogP contribution in [0.15, 0.2) is 109 Å². The summed E-state index contributed by atoms with van der Waals surface area (Å²) in [6.45, 7) is 16.3. The van der Waals surface area contributed by atoms with Crippen molar-refractivity contribution in [1.82, 2.24) is 0 Å². The average molecular weight is 667 g/mol. The summed E-state index contributed by atoms with van der Waals surface area (Å²) in [7, 11) is -2.56. The van der Waals surface area contributed by atoms with Crippen molar-refractivity contribution in [3.05, 3.63) is 120 Å². The van der Waals surface area contributed by atoms with Crippen molar-refractivity contribution >= 4 is 30.4 Å². The van der Waals surface area contributed by atoms with Gasteiger partial charge in [0, 0.05) is 6.61 Å². The molecule has 7 heteroatoms. The molecule has 0 amide bonds. The van der Waals surface area contributed by atoms with Gasteiger partial charge >= 0.3 is 5.97 Å². The van der Waals surface area contributed by atoms with Crippen molar-refractivity contribution in [2.24, 2.45) is 0 Å². The highest BCUT2D eigenvalue weighted by atomic mass is 28.4. The second kappa shape index (κ2) is 15.3. The maximum absolute atomic E-state index is 13.0. The van der Waals surface area contributed by atoms with Gasteiger partial charge in [-0.3, -0.25) is 4.79 Å². The highest BCUT2D eigenvalue weighted by Gasteiger charge is 2.50. The minimum absolute atomic E-state index is 0.0592. The number of ether oxygens (including phenoxy) is 3. The minimum Gasteiger partial charge on any atom is -0.486 e. The van der Waals surface area contributed by atoms with Gasteiger partial charge in [0.1, 0.15) is 17.1 Å². The molecule has 0 aromatic heterocycles. The van der Waals surface area contributed by atoms with E-state index in [-0.39, 0.29) is 17.4 Å². The number of carbonyl (C=O) groups is 2. The predicted molar refractivity (Wildman–Crippen MR) is 195 cm³/mol. The average Bonchev–Trinajstić information content (AvgIpc) is 3.04. The van der Waals surface area contributed by atoms with Gasteiger partial charge < -0.3 is 18.6 Å². The first-order valence-electron chi connectivity index (χ1n) is 16.6. The number of hydrogen-bond acceptors (Lipinski definition) is 6. The summed E-state index contributed by atoms with van der Waals surface area (Å²) in [6.07, 6.45) is 1.74. The molecule has 0 saturated carbocycles. The second-order valence-electron chi connectivity index (χ2n) is 14.6. The van der Waals surface area contributed by atoms with Crippen LogP contribution < -0.4 is 19.8 Å². The Bertz CT molecular complexity index is 1580. The molecule has 48 heavy (non-hydrogen) atoms. The molecule has 0 aliphatic heterocycles. The molecule has 4 aromatic rings. The van der Waals surface area contributed by atoms with Gasteiger partial charge in [0.05, 0.1) is 5.56 Å². The molecular formula is C41H50O6Si. The normalized spacial score (nSPS) is 12.3. The fraction of sp³-hybridized carbons (Fsp3) is 0.366. The van der Waals surface area contributed by atoms with Crippen LogP contribution in [0.2, 0.25) is 5.04 Å². The maximum atomic E-state index is 13.0. The van der Waals surface area contributed by atoms with Crippen LogP contribution in [0.3, 0.4) is 0 Å². The Balaban J connectivity index is 1.31. The van der Waals surface area contributed by atoms with Crippen LogP contribution in [0.5, 0.6) is 11.5 Å². The summed E-state index contributed by atoms with van der Waals surface area (Å²) in [5.41, 5.74) is -0.0773. The predicted octanol–water partition coefficient (Wildman–Crippen LogP) is 7.96. The third-order valence-electron chi connectivity index (χ3n) is 8.17. The third-order valence-corrected chi connectivity index (χ3v) is 13.2. The zero-order valence-corrected chi connectivity index (χ0v) is 30.7. The zero-order valence-electron chi connectivity index (χ0n) is 29.7. The molecule has 0 saturated heterocycles. The van der Waals surface area contributed by atoms with Gasteiger partial charge in [0.25, 0.3) is 8.32 Å². The van der Waals surface area contributed by atoms with Gasteiger partial charge in [-0.05, 0) is 105 Å². The fourth-order valence-electron chi connectivity index (χ4n) is 5.69. The number of Topliss-reactive ketones (excluding diaryl/α,β-unsaturated/α-hetero) is 1. The minimum atomic E-state index is -2.56. The largest absolute Gasteiger partial charge is 0.486 e. The molecule has 4 aromatic carbocycles. The van der Waals surface area contributed by atoms with Crippen molar-refractivity contribution < 1.29 is 28.2 Å². The number of carbonyl (C=O) groups excluding carboxylic acids is 2. The highest BCUT2D eigenvalue weighted by molar-refractivity contribution is 6.99. The molecule has 0 fully saturated rings. The van der Waals surface area contributed by atoms with Gasteiger partial charge in [-0.1, -0.05) is 93.6 Å². The maximum Gasteiger partial charge on any atom is 0.338 e. The first-order valence-corrected chi connectivity index (χ1v) is 18.5. The standard InChI is InChI=1S/C41H50O6Si/c1-39(2,3)47-38(43)32-23-27-33(28-24-32)44-30-37(42)41(7,8)46-34-25-21-31(22-26-34)16-15-29-45-48(40(4,5)6,35-17-11-9-12-18-35)36-19-13-10-14-20-36/h9-14,17-28H,15-16,29-30H2,1-8H3. The Kier molecular flexibility index (Phi) is 11.7. The van der Waals surface area contributed by atoms with E-state index in [1.54, 1.807) is 38.1 Å². The van der Waals surface area contributed by atoms with E-state index < -0.39 is 25.5 Å². The van der Waals surface area contributed by atoms with Crippen molar-refractivity contribution in [3.8, 4) is 11.5 Å². The van der Waals surface area contributed by atoms with E-state index in [9.17, 15) is 9.59 Å². The molecule has 0 N–H and O–H groups in total. The molecule has 6 nitrogen and oxygen atoms in total. The quantitative estimate of drug-likeness (QED) is 0.0773. The monoisotopic (exact) mass is 666 g/mol. The van der Waals surface area contributed by atoms with Gasteiger partial charge in [0.15, 0.2) is 12.2 Å². The smallest absolute Gasteiger partial charge is 0.338 e. The molecule has 0 unspecified atom stereocenters. The lowest BCUT2D eigenvalue weighted by Gasteiger charge is -2.43. The van der Waals surface area contributed by atoms with Crippen LogP contribution >= 0.6 is 0 Å². The summed E-state index contributed by atoms with van der Waals surface area (Å²) in [6, 6.07) is 35.9. The van der Waals surface area contributed by atoms with E-state index >= 15 is 0 Å². The molecule has 0 aliphatic rings. The van der Waals surface area contributed by atoms with E-state index in [1.807, 2.05) is 45.0 Å². The second-order valence-corrected chi connectivity index (χ2v) is 18.9. The van der Waals surface area contributed by atoms with Gasteiger partial charge in [0.2, 0.25) is 5.78 Å². The molecule has 0 spiro atoms. The lowest BCUT2D eigenvalue weighted by Crippen LogP contribution is -2.66. The summed E-state index contributed by atoms with van der Waals surface area (Å²) >= 11 is 0. The molecule has 0 atom stereocenters. The van der Waals surface area contributed by atoms with E-state index in [0.29, 0.717) is 23.7 Å². The van der Waals surface area contributed by atoms with E-state index in [4.69, 9.17) is 18.6 Å². The van der Waals surface area contributed by atoms with Crippen molar-refractivity contribution in [2.45, 2.75) is 84.5 Å². The van der Waals surface area contributed by atoms with Crippen LogP contribution in [0.25, 0.3) is 0 Å². The number of rotatable bonds is 14. The Morgan fingerprint density at radius 2 is 1.17 bits per heavy atom. The van der Waals surface area contributed by atoms with Crippen LogP contribution in [0.4, 0.5) is 0 Å². The summed E-state index contributed by atoms with van der Waals surface area (Å²) in [5.74, 6) is 0.481. The third kappa shape index (κ3) is 9.45. The van der Waals surface area contributed by atoms with Crippen LogP contribution in [0.1, 0.15) is 77.7 Å². The first kappa shape index (κ1) is 36.6. The lowest BCUT2D eigenvalue weighted by molar-refractivity contribution is -0.134. The zero-order chi connectivity index (χ0) is 35.0. The van der Waals surface area contributed by atoms with Crippen molar-refractivity contribution in [1.29, 1.82) is 0 Å². The molecule has 254 valence electrons. The van der Waals surface area contributed by atoms with Crippen LogP contribution in [-0.2, 0) is 20.4 Å². The molecular weight excluding hydrogens is 617 g/mol. The molecule has 0 heterocycles. The fourth-order valence-corrected chi connectivity index (χ4v) is 10.3.